The van der Waals surface area contributed by atoms with Crippen molar-refractivity contribution in [2.75, 3.05) is 0 Å². The van der Waals surface area contributed by atoms with Gasteiger partial charge in [0.05, 0.1) is 0 Å². The highest BCUT2D eigenvalue weighted by Gasteiger charge is 2.11. The van der Waals surface area contributed by atoms with Gasteiger partial charge in [0.2, 0.25) is 0 Å². The second-order valence-electron chi connectivity index (χ2n) is 7.02. The predicted octanol–water partition coefficient (Wildman–Crippen LogP) is 5.23. The number of carbonyl (C=O) groups excluding carboxylic acids is 2. The third kappa shape index (κ3) is 11.3. The quantitative estimate of drug-likeness (QED) is 0.552. The van der Waals surface area contributed by atoms with Gasteiger partial charge in [0, 0.05) is 6.42 Å². The molecule has 1 N–H and O–H groups in total. The zero-order valence-corrected chi connectivity index (χ0v) is 15.2. The standard InChI is InChI=1S/C20H35NO3/c1-2-19(22)21-24-20(23)17-13-16-18-14-11-9-7-5-3-4-6-8-10-12-15-18/h2,18H,1,3-17H2,(H,21,22). The average Bonchev–Trinajstić information content (AvgIpc) is 2.61. The van der Waals surface area contributed by atoms with Crippen molar-refractivity contribution >= 4 is 11.9 Å². The summed E-state index contributed by atoms with van der Waals surface area (Å²) in [6.07, 6.45) is 19.7. The number of hydrogen-bond donors (Lipinski definition) is 1. The van der Waals surface area contributed by atoms with Crippen LogP contribution >= 0.6 is 0 Å². The van der Waals surface area contributed by atoms with Gasteiger partial charge in [-0.1, -0.05) is 83.6 Å². The van der Waals surface area contributed by atoms with Gasteiger partial charge in [-0.3, -0.25) is 4.79 Å². The maximum atomic E-state index is 11.6. The molecule has 0 heterocycles. The summed E-state index contributed by atoms with van der Waals surface area (Å²) in [6.45, 7) is 3.31. The molecule has 0 aliphatic heterocycles. The smallest absolute Gasteiger partial charge is 0.332 e. The van der Waals surface area contributed by atoms with Crippen LogP contribution in [0.15, 0.2) is 12.7 Å². The van der Waals surface area contributed by atoms with Gasteiger partial charge in [0.25, 0.3) is 5.91 Å². The van der Waals surface area contributed by atoms with Gasteiger partial charge >= 0.3 is 5.97 Å². The molecule has 0 unspecified atom stereocenters. The zero-order chi connectivity index (χ0) is 17.5. The molecule has 0 aromatic carbocycles. The number of nitrogens with one attached hydrogen (secondary N) is 1. The van der Waals surface area contributed by atoms with Crippen molar-refractivity contribution in [2.45, 2.75) is 96.3 Å². The molecule has 1 amide bonds. The average molecular weight is 338 g/mol. The van der Waals surface area contributed by atoms with Gasteiger partial charge in [0.15, 0.2) is 0 Å². The highest BCUT2D eigenvalue weighted by atomic mass is 16.7. The lowest BCUT2D eigenvalue weighted by Gasteiger charge is -2.16. The van der Waals surface area contributed by atoms with E-state index >= 15 is 0 Å². The summed E-state index contributed by atoms with van der Waals surface area (Å²) in [6, 6.07) is 0. The van der Waals surface area contributed by atoms with E-state index in [1.807, 2.05) is 0 Å². The molecule has 4 nitrogen and oxygen atoms in total. The molecule has 0 spiro atoms. The summed E-state index contributed by atoms with van der Waals surface area (Å²) in [7, 11) is 0. The minimum atomic E-state index is -0.487. The normalized spacial score (nSPS) is 18.5. The fraction of sp³-hybridized carbons (Fsp3) is 0.800. The van der Waals surface area contributed by atoms with E-state index in [2.05, 4.69) is 12.1 Å². The Morgan fingerprint density at radius 2 is 1.42 bits per heavy atom. The Labute approximate surface area is 147 Å². The Hall–Kier alpha value is -1.32. The van der Waals surface area contributed by atoms with Crippen molar-refractivity contribution in [2.24, 2.45) is 5.92 Å². The Morgan fingerprint density at radius 1 is 0.917 bits per heavy atom. The first-order valence-electron chi connectivity index (χ1n) is 9.84. The van der Waals surface area contributed by atoms with Crippen molar-refractivity contribution in [3.05, 3.63) is 12.7 Å². The molecular formula is C20H35NO3. The number of hydroxylamine groups is 1. The fourth-order valence-corrected chi connectivity index (χ4v) is 3.45. The minimum Gasteiger partial charge on any atom is -0.341 e. The van der Waals surface area contributed by atoms with Crippen LogP contribution in [0.1, 0.15) is 96.3 Å². The lowest BCUT2D eigenvalue weighted by atomic mass is 9.90. The van der Waals surface area contributed by atoms with Crippen molar-refractivity contribution < 1.29 is 14.4 Å². The van der Waals surface area contributed by atoms with E-state index in [0.29, 0.717) is 6.42 Å². The second-order valence-corrected chi connectivity index (χ2v) is 7.02. The Kier molecular flexibility index (Phi) is 12.1. The fourth-order valence-electron chi connectivity index (χ4n) is 3.45. The van der Waals surface area contributed by atoms with Crippen LogP contribution < -0.4 is 5.48 Å². The van der Waals surface area contributed by atoms with Gasteiger partial charge in [-0.15, -0.1) is 0 Å². The monoisotopic (exact) mass is 337 g/mol. The van der Waals surface area contributed by atoms with Crippen molar-refractivity contribution in [1.29, 1.82) is 0 Å². The van der Waals surface area contributed by atoms with Crippen LogP contribution in [0.3, 0.4) is 0 Å². The van der Waals surface area contributed by atoms with Crippen LogP contribution in [0.25, 0.3) is 0 Å². The van der Waals surface area contributed by atoms with E-state index in [0.717, 1.165) is 24.8 Å². The SMILES string of the molecule is C=CC(=O)NOC(=O)CCCC1CCCCCCCCCCCC1. The number of amides is 1. The van der Waals surface area contributed by atoms with Gasteiger partial charge in [-0.2, -0.15) is 5.48 Å². The third-order valence-electron chi connectivity index (χ3n) is 4.92. The molecule has 0 atom stereocenters. The molecule has 24 heavy (non-hydrogen) atoms. The second kappa shape index (κ2) is 14.1. The largest absolute Gasteiger partial charge is 0.341 e. The van der Waals surface area contributed by atoms with E-state index in [1.54, 1.807) is 0 Å². The summed E-state index contributed by atoms with van der Waals surface area (Å²) in [5, 5.41) is 0. The van der Waals surface area contributed by atoms with Crippen molar-refractivity contribution in [3.63, 3.8) is 0 Å². The first kappa shape index (κ1) is 20.7. The lowest BCUT2D eigenvalue weighted by Crippen LogP contribution is -2.25. The third-order valence-corrected chi connectivity index (χ3v) is 4.92. The topological polar surface area (TPSA) is 55.4 Å². The molecule has 0 aromatic rings. The molecule has 1 aliphatic carbocycles. The maximum absolute atomic E-state index is 11.6. The molecule has 0 saturated heterocycles. The Bertz CT molecular complexity index is 354. The lowest BCUT2D eigenvalue weighted by molar-refractivity contribution is -0.156. The molecule has 0 aromatic heterocycles. The zero-order valence-electron chi connectivity index (χ0n) is 15.2. The Morgan fingerprint density at radius 3 is 1.92 bits per heavy atom. The van der Waals surface area contributed by atoms with Gasteiger partial charge in [-0.05, 0) is 24.8 Å². The molecule has 1 aliphatic rings. The molecular weight excluding hydrogens is 302 g/mol. The van der Waals surface area contributed by atoms with Crippen molar-refractivity contribution in [3.8, 4) is 0 Å². The number of carbonyl (C=O) groups is 2. The number of rotatable bonds is 5. The van der Waals surface area contributed by atoms with Gasteiger partial charge in [-0.25, -0.2) is 4.79 Å². The minimum absolute atomic E-state index is 0.366. The van der Waals surface area contributed by atoms with E-state index in [-0.39, 0.29) is 5.97 Å². The maximum Gasteiger partial charge on any atom is 0.332 e. The summed E-state index contributed by atoms with van der Waals surface area (Å²) in [4.78, 5) is 27.2. The summed E-state index contributed by atoms with van der Waals surface area (Å²) < 4.78 is 0. The van der Waals surface area contributed by atoms with Crippen LogP contribution in [0.5, 0.6) is 0 Å². The van der Waals surface area contributed by atoms with Gasteiger partial charge < -0.3 is 4.84 Å². The molecule has 4 heteroatoms. The predicted molar refractivity (Wildman–Crippen MR) is 97.2 cm³/mol. The molecule has 0 bridgehead atoms. The molecule has 1 rings (SSSR count). The molecule has 0 radical (unpaired) electrons. The summed E-state index contributed by atoms with van der Waals surface area (Å²) in [5.74, 6) is -0.116. The van der Waals surface area contributed by atoms with E-state index in [9.17, 15) is 9.59 Å². The molecule has 138 valence electrons. The van der Waals surface area contributed by atoms with Gasteiger partial charge in [0.1, 0.15) is 0 Å². The number of hydrogen-bond acceptors (Lipinski definition) is 3. The van der Waals surface area contributed by atoms with Crippen LogP contribution in [0.4, 0.5) is 0 Å². The van der Waals surface area contributed by atoms with Crippen LogP contribution in [0.2, 0.25) is 0 Å². The van der Waals surface area contributed by atoms with Crippen molar-refractivity contribution in [1.82, 2.24) is 5.48 Å². The highest BCUT2D eigenvalue weighted by Crippen LogP contribution is 2.24. The van der Waals surface area contributed by atoms with E-state index < -0.39 is 5.91 Å². The van der Waals surface area contributed by atoms with E-state index in [4.69, 9.17) is 4.84 Å². The molecule has 1 saturated carbocycles. The van der Waals surface area contributed by atoms with Crippen LogP contribution in [-0.4, -0.2) is 11.9 Å². The Balaban J connectivity index is 2.21. The highest BCUT2D eigenvalue weighted by molar-refractivity contribution is 5.87. The first-order valence-corrected chi connectivity index (χ1v) is 9.84. The van der Waals surface area contributed by atoms with Crippen LogP contribution in [-0.2, 0) is 14.4 Å². The first-order chi connectivity index (χ1) is 11.7. The van der Waals surface area contributed by atoms with E-state index in [1.165, 1.54) is 77.0 Å². The summed E-state index contributed by atoms with van der Waals surface area (Å²) >= 11 is 0. The summed E-state index contributed by atoms with van der Waals surface area (Å²) in [5.41, 5.74) is 2.07. The molecule has 1 fully saturated rings. The van der Waals surface area contributed by atoms with Crippen LogP contribution in [0, 0.1) is 5.92 Å².